The molecule has 1 atom stereocenters. The average molecular weight is 353 g/mol. The summed E-state index contributed by atoms with van der Waals surface area (Å²) in [5.74, 6) is -1.59. The standard InChI is InChI=1S/C16H17ClN2O5/c1-3-9(2)18-16(22)19-14(20)8-23-15(21)13-7-10-6-11(17)4-5-12(10)24-13/h4-7,9H,3,8H2,1-2H3,(H2,18,19,20,22)/t9-/m1/s1. The first-order chi connectivity index (χ1) is 11.4. The number of halogens is 1. The largest absolute Gasteiger partial charge is 0.450 e. The van der Waals surface area contributed by atoms with E-state index in [-0.39, 0.29) is 11.8 Å². The van der Waals surface area contributed by atoms with Crippen molar-refractivity contribution in [1.29, 1.82) is 0 Å². The molecule has 0 unspecified atom stereocenters. The second kappa shape index (κ2) is 7.83. The minimum Gasteiger partial charge on any atom is -0.450 e. The summed E-state index contributed by atoms with van der Waals surface area (Å²) in [4.78, 5) is 34.9. The monoisotopic (exact) mass is 352 g/mol. The predicted molar refractivity (Wildman–Crippen MR) is 87.9 cm³/mol. The van der Waals surface area contributed by atoms with Crippen molar-refractivity contribution in [2.24, 2.45) is 0 Å². The molecule has 0 fully saturated rings. The van der Waals surface area contributed by atoms with Gasteiger partial charge in [-0.05, 0) is 37.6 Å². The van der Waals surface area contributed by atoms with Gasteiger partial charge < -0.3 is 14.5 Å². The van der Waals surface area contributed by atoms with Gasteiger partial charge in [-0.3, -0.25) is 10.1 Å². The van der Waals surface area contributed by atoms with Crippen molar-refractivity contribution in [3.8, 4) is 0 Å². The van der Waals surface area contributed by atoms with E-state index in [0.29, 0.717) is 16.0 Å². The number of urea groups is 1. The summed E-state index contributed by atoms with van der Waals surface area (Å²) < 4.78 is 10.1. The highest BCUT2D eigenvalue weighted by Gasteiger charge is 2.17. The van der Waals surface area contributed by atoms with Crippen LogP contribution in [-0.4, -0.2) is 30.6 Å². The Bertz CT molecular complexity index is 771. The smallest absolute Gasteiger partial charge is 0.374 e. The van der Waals surface area contributed by atoms with E-state index in [2.05, 4.69) is 10.6 Å². The van der Waals surface area contributed by atoms with E-state index >= 15 is 0 Å². The van der Waals surface area contributed by atoms with Crippen LogP contribution >= 0.6 is 11.6 Å². The number of imide groups is 1. The molecule has 0 radical (unpaired) electrons. The Labute approximate surface area is 143 Å². The number of benzene rings is 1. The van der Waals surface area contributed by atoms with Crippen molar-refractivity contribution in [1.82, 2.24) is 10.6 Å². The van der Waals surface area contributed by atoms with E-state index in [1.807, 2.05) is 6.92 Å². The molecule has 0 aliphatic rings. The van der Waals surface area contributed by atoms with E-state index in [1.165, 1.54) is 6.07 Å². The lowest BCUT2D eigenvalue weighted by Crippen LogP contribution is -2.44. The van der Waals surface area contributed by atoms with Crippen LogP contribution in [-0.2, 0) is 9.53 Å². The molecule has 0 aliphatic heterocycles. The van der Waals surface area contributed by atoms with Crippen LogP contribution in [0.2, 0.25) is 5.02 Å². The molecule has 0 spiro atoms. The molecule has 1 aromatic heterocycles. The first-order valence-electron chi connectivity index (χ1n) is 7.35. The molecule has 2 aromatic rings. The van der Waals surface area contributed by atoms with E-state index in [9.17, 15) is 14.4 Å². The van der Waals surface area contributed by atoms with Gasteiger partial charge >= 0.3 is 12.0 Å². The number of amides is 3. The van der Waals surface area contributed by atoms with Gasteiger partial charge in [0, 0.05) is 16.5 Å². The maximum absolute atomic E-state index is 11.9. The average Bonchev–Trinajstić information content (AvgIpc) is 2.95. The van der Waals surface area contributed by atoms with Gasteiger partial charge in [0.1, 0.15) is 5.58 Å². The van der Waals surface area contributed by atoms with Crippen molar-refractivity contribution in [3.63, 3.8) is 0 Å². The molecule has 2 N–H and O–H groups in total. The second-order valence-corrected chi connectivity index (χ2v) is 5.64. The SMILES string of the molecule is CC[C@@H](C)NC(=O)NC(=O)COC(=O)c1cc2cc(Cl)ccc2o1. The summed E-state index contributed by atoms with van der Waals surface area (Å²) in [5.41, 5.74) is 0.476. The molecular weight excluding hydrogens is 336 g/mol. The Balaban J connectivity index is 1.87. The highest BCUT2D eigenvalue weighted by Crippen LogP contribution is 2.23. The summed E-state index contributed by atoms with van der Waals surface area (Å²) in [5, 5.41) is 5.79. The van der Waals surface area contributed by atoms with Crippen molar-refractivity contribution in [2.75, 3.05) is 6.61 Å². The van der Waals surface area contributed by atoms with Crippen LogP contribution in [0.25, 0.3) is 11.0 Å². The summed E-state index contributed by atoms with van der Waals surface area (Å²) in [6, 6.07) is 5.67. The van der Waals surface area contributed by atoms with E-state index in [1.54, 1.807) is 25.1 Å². The van der Waals surface area contributed by atoms with Crippen molar-refractivity contribution >= 4 is 40.5 Å². The molecule has 7 nitrogen and oxygen atoms in total. The normalized spacial score (nSPS) is 11.8. The zero-order valence-corrected chi connectivity index (χ0v) is 14.0. The number of rotatable bonds is 5. The number of hydrogen-bond acceptors (Lipinski definition) is 5. The maximum Gasteiger partial charge on any atom is 0.374 e. The fourth-order valence-electron chi connectivity index (χ4n) is 1.84. The Morgan fingerprint density at radius 3 is 2.75 bits per heavy atom. The highest BCUT2D eigenvalue weighted by atomic mass is 35.5. The van der Waals surface area contributed by atoms with Gasteiger partial charge in [-0.2, -0.15) is 0 Å². The number of carbonyl (C=O) groups excluding carboxylic acids is 3. The maximum atomic E-state index is 11.9. The van der Waals surface area contributed by atoms with Gasteiger partial charge in [-0.1, -0.05) is 18.5 Å². The quantitative estimate of drug-likeness (QED) is 0.806. The third-order valence-electron chi connectivity index (χ3n) is 3.26. The van der Waals surface area contributed by atoms with Crippen molar-refractivity contribution in [3.05, 3.63) is 35.0 Å². The molecule has 8 heteroatoms. The molecule has 2 rings (SSSR count). The molecule has 0 aliphatic carbocycles. The minimum absolute atomic E-state index is 0.0517. The van der Waals surface area contributed by atoms with Crippen LogP contribution in [0.5, 0.6) is 0 Å². The zero-order valence-electron chi connectivity index (χ0n) is 13.2. The molecule has 1 heterocycles. The van der Waals surface area contributed by atoms with Crippen molar-refractivity contribution in [2.45, 2.75) is 26.3 Å². The van der Waals surface area contributed by atoms with Crippen LogP contribution in [0.1, 0.15) is 30.8 Å². The van der Waals surface area contributed by atoms with Gasteiger partial charge in [0.15, 0.2) is 6.61 Å². The number of fused-ring (bicyclic) bond motifs is 1. The fourth-order valence-corrected chi connectivity index (χ4v) is 2.02. The third kappa shape index (κ3) is 4.73. The molecule has 1 aromatic carbocycles. The Hall–Kier alpha value is -2.54. The first kappa shape index (κ1) is 17.8. The molecule has 3 amide bonds. The number of nitrogens with one attached hydrogen (secondary N) is 2. The van der Waals surface area contributed by atoms with Crippen LogP contribution in [0.4, 0.5) is 4.79 Å². The zero-order chi connectivity index (χ0) is 17.7. The third-order valence-corrected chi connectivity index (χ3v) is 3.49. The first-order valence-corrected chi connectivity index (χ1v) is 7.73. The van der Waals surface area contributed by atoms with Crippen LogP contribution in [0, 0.1) is 0 Å². The number of carbonyl (C=O) groups is 3. The molecule has 0 bridgehead atoms. The predicted octanol–water partition coefficient (Wildman–Crippen LogP) is 2.87. The van der Waals surface area contributed by atoms with Crippen LogP contribution < -0.4 is 10.6 Å². The number of hydrogen-bond donors (Lipinski definition) is 2. The molecule has 0 saturated carbocycles. The lowest BCUT2D eigenvalue weighted by atomic mass is 10.2. The number of esters is 1. The fraction of sp³-hybridized carbons (Fsp3) is 0.312. The Morgan fingerprint density at radius 2 is 2.04 bits per heavy atom. The van der Waals surface area contributed by atoms with Gasteiger partial charge in [0.25, 0.3) is 5.91 Å². The second-order valence-electron chi connectivity index (χ2n) is 5.20. The molecule has 128 valence electrons. The number of ether oxygens (including phenoxy) is 1. The molecule has 24 heavy (non-hydrogen) atoms. The van der Waals surface area contributed by atoms with Gasteiger partial charge in [-0.25, -0.2) is 9.59 Å². The van der Waals surface area contributed by atoms with Gasteiger partial charge in [-0.15, -0.1) is 0 Å². The summed E-state index contributed by atoms with van der Waals surface area (Å²) >= 11 is 5.86. The molecule has 0 saturated heterocycles. The molecular formula is C16H17ClN2O5. The highest BCUT2D eigenvalue weighted by molar-refractivity contribution is 6.31. The topological polar surface area (TPSA) is 97.6 Å². The minimum atomic E-state index is -0.806. The van der Waals surface area contributed by atoms with Gasteiger partial charge in [0.05, 0.1) is 0 Å². The Morgan fingerprint density at radius 1 is 1.29 bits per heavy atom. The summed E-state index contributed by atoms with van der Waals surface area (Å²) in [6.07, 6.45) is 0.729. The van der Waals surface area contributed by atoms with E-state index in [0.717, 1.165) is 6.42 Å². The van der Waals surface area contributed by atoms with Gasteiger partial charge in [0.2, 0.25) is 5.76 Å². The van der Waals surface area contributed by atoms with E-state index < -0.39 is 24.5 Å². The number of furan rings is 1. The summed E-state index contributed by atoms with van der Waals surface area (Å²) in [6.45, 7) is 3.11. The summed E-state index contributed by atoms with van der Waals surface area (Å²) in [7, 11) is 0. The van der Waals surface area contributed by atoms with Crippen LogP contribution in [0.15, 0.2) is 28.7 Å². The van der Waals surface area contributed by atoms with E-state index in [4.69, 9.17) is 20.8 Å². The van der Waals surface area contributed by atoms with Crippen molar-refractivity contribution < 1.29 is 23.5 Å². The lowest BCUT2D eigenvalue weighted by Gasteiger charge is -2.11. The van der Waals surface area contributed by atoms with Crippen LogP contribution in [0.3, 0.4) is 0 Å². The Kier molecular flexibility index (Phi) is 5.81. The lowest BCUT2D eigenvalue weighted by molar-refractivity contribution is -0.123.